The van der Waals surface area contributed by atoms with Gasteiger partial charge in [0.15, 0.2) is 9.84 Å². The Balaban J connectivity index is 1.84. The van der Waals surface area contributed by atoms with E-state index in [-0.39, 0.29) is 16.8 Å². The fourth-order valence-corrected chi connectivity index (χ4v) is 4.16. The molecule has 1 aliphatic rings. The van der Waals surface area contributed by atoms with E-state index in [1.807, 2.05) is 16.9 Å². The van der Waals surface area contributed by atoms with Crippen LogP contribution in [0.1, 0.15) is 34.8 Å². The summed E-state index contributed by atoms with van der Waals surface area (Å²) in [5.41, 5.74) is 1.07. The first-order chi connectivity index (χ1) is 11.4. The molecule has 128 valence electrons. The standard InChI is InChI=1S/C17H21N3O3S/c1-13-6-7-14(11-16(13)24(2,22)23)17(21)19-9-3-5-15(12-19)20-10-4-8-18-20/h4,6-8,10-11,15H,3,5,9,12H2,1-2H3/t15-/m0/s1. The smallest absolute Gasteiger partial charge is 0.253 e. The molecular weight excluding hydrogens is 326 g/mol. The van der Waals surface area contributed by atoms with Crippen molar-refractivity contribution in [2.45, 2.75) is 30.7 Å². The molecule has 0 N–H and O–H groups in total. The highest BCUT2D eigenvalue weighted by atomic mass is 32.2. The van der Waals surface area contributed by atoms with Crippen LogP contribution >= 0.6 is 0 Å². The molecule has 1 amide bonds. The summed E-state index contributed by atoms with van der Waals surface area (Å²) in [6.45, 7) is 3.00. The number of carbonyl (C=O) groups is 1. The van der Waals surface area contributed by atoms with Crippen LogP contribution in [0.25, 0.3) is 0 Å². The lowest BCUT2D eigenvalue weighted by molar-refractivity contribution is 0.0672. The molecule has 7 heteroatoms. The second kappa shape index (κ2) is 6.39. The van der Waals surface area contributed by atoms with Crippen LogP contribution in [0, 0.1) is 6.92 Å². The Morgan fingerprint density at radius 3 is 2.79 bits per heavy atom. The highest BCUT2D eigenvalue weighted by Crippen LogP contribution is 2.24. The number of carbonyl (C=O) groups excluding carboxylic acids is 1. The lowest BCUT2D eigenvalue weighted by Crippen LogP contribution is -2.40. The maximum absolute atomic E-state index is 12.8. The lowest BCUT2D eigenvalue weighted by Gasteiger charge is -2.33. The quantitative estimate of drug-likeness (QED) is 0.852. The summed E-state index contributed by atoms with van der Waals surface area (Å²) >= 11 is 0. The summed E-state index contributed by atoms with van der Waals surface area (Å²) in [5, 5.41) is 4.26. The van der Waals surface area contributed by atoms with E-state index in [1.54, 1.807) is 30.2 Å². The zero-order chi connectivity index (χ0) is 17.3. The Bertz CT molecular complexity index is 844. The fourth-order valence-electron chi connectivity index (χ4n) is 3.17. The number of sulfone groups is 1. The number of benzene rings is 1. The van der Waals surface area contributed by atoms with Crippen molar-refractivity contribution in [1.29, 1.82) is 0 Å². The van der Waals surface area contributed by atoms with Crippen molar-refractivity contribution in [3.8, 4) is 0 Å². The number of aryl methyl sites for hydroxylation is 1. The predicted octanol–water partition coefficient (Wildman–Crippen LogP) is 2.07. The van der Waals surface area contributed by atoms with Crippen LogP contribution in [-0.4, -0.2) is 48.4 Å². The fraction of sp³-hybridized carbons (Fsp3) is 0.412. The van der Waals surface area contributed by atoms with Gasteiger partial charge in [-0.3, -0.25) is 9.48 Å². The molecule has 2 heterocycles. The number of likely N-dealkylation sites (tertiary alicyclic amines) is 1. The first-order valence-corrected chi connectivity index (χ1v) is 9.84. The van der Waals surface area contributed by atoms with Crippen LogP contribution in [0.4, 0.5) is 0 Å². The topological polar surface area (TPSA) is 72.3 Å². The van der Waals surface area contributed by atoms with E-state index in [4.69, 9.17) is 0 Å². The molecule has 0 radical (unpaired) electrons. The van der Waals surface area contributed by atoms with Gasteiger partial charge in [-0.05, 0) is 43.5 Å². The second-order valence-electron chi connectivity index (χ2n) is 6.29. The first kappa shape index (κ1) is 16.7. The minimum absolute atomic E-state index is 0.128. The molecule has 2 aromatic rings. The average Bonchev–Trinajstić information content (AvgIpc) is 3.08. The summed E-state index contributed by atoms with van der Waals surface area (Å²) < 4.78 is 25.6. The van der Waals surface area contributed by atoms with E-state index in [0.29, 0.717) is 24.2 Å². The van der Waals surface area contributed by atoms with Crippen molar-refractivity contribution < 1.29 is 13.2 Å². The van der Waals surface area contributed by atoms with Crippen molar-refractivity contribution >= 4 is 15.7 Å². The van der Waals surface area contributed by atoms with Crippen LogP contribution < -0.4 is 0 Å². The van der Waals surface area contributed by atoms with E-state index in [0.717, 1.165) is 19.1 Å². The molecular formula is C17H21N3O3S. The van der Waals surface area contributed by atoms with Gasteiger partial charge in [-0.25, -0.2) is 8.42 Å². The van der Waals surface area contributed by atoms with Crippen molar-refractivity contribution in [3.05, 3.63) is 47.8 Å². The number of nitrogens with zero attached hydrogens (tertiary/aromatic N) is 3. The lowest BCUT2D eigenvalue weighted by atomic mass is 10.0. The Hall–Kier alpha value is -2.15. The Morgan fingerprint density at radius 2 is 2.12 bits per heavy atom. The van der Waals surface area contributed by atoms with E-state index in [2.05, 4.69) is 5.10 Å². The molecule has 1 saturated heterocycles. The van der Waals surface area contributed by atoms with Gasteiger partial charge in [0, 0.05) is 37.3 Å². The zero-order valence-corrected chi connectivity index (χ0v) is 14.7. The molecule has 1 atom stereocenters. The third-order valence-electron chi connectivity index (χ3n) is 4.42. The number of amides is 1. The third kappa shape index (κ3) is 3.36. The zero-order valence-electron chi connectivity index (χ0n) is 13.8. The Kier molecular flexibility index (Phi) is 4.45. The van der Waals surface area contributed by atoms with Crippen molar-refractivity contribution in [2.75, 3.05) is 19.3 Å². The molecule has 0 aliphatic carbocycles. The molecule has 1 fully saturated rings. The molecule has 24 heavy (non-hydrogen) atoms. The van der Waals surface area contributed by atoms with E-state index in [9.17, 15) is 13.2 Å². The normalized spacial score (nSPS) is 18.6. The molecule has 0 unspecified atom stereocenters. The maximum atomic E-state index is 12.8. The number of piperidine rings is 1. The van der Waals surface area contributed by atoms with Gasteiger partial charge >= 0.3 is 0 Å². The van der Waals surface area contributed by atoms with Crippen LogP contribution in [0.3, 0.4) is 0 Å². The number of aromatic nitrogens is 2. The van der Waals surface area contributed by atoms with Gasteiger partial charge in [0.25, 0.3) is 5.91 Å². The number of rotatable bonds is 3. The largest absolute Gasteiger partial charge is 0.337 e. The summed E-state index contributed by atoms with van der Waals surface area (Å²) in [6.07, 6.45) is 6.69. The van der Waals surface area contributed by atoms with Crippen molar-refractivity contribution in [3.63, 3.8) is 0 Å². The van der Waals surface area contributed by atoms with Crippen LogP contribution in [0.5, 0.6) is 0 Å². The Labute approximate surface area is 142 Å². The predicted molar refractivity (Wildman–Crippen MR) is 90.7 cm³/mol. The molecule has 1 aliphatic heterocycles. The summed E-state index contributed by atoms with van der Waals surface area (Å²) in [4.78, 5) is 14.8. The minimum Gasteiger partial charge on any atom is -0.337 e. The van der Waals surface area contributed by atoms with Gasteiger partial charge in [0.2, 0.25) is 0 Å². The molecule has 0 saturated carbocycles. The van der Waals surface area contributed by atoms with Crippen molar-refractivity contribution in [1.82, 2.24) is 14.7 Å². The molecule has 0 spiro atoms. The average molecular weight is 347 g/mol. The maximum Gasteiger partial charge on any atom is 0.253 e. The first-order valence-electron chi connectivity index (χ1n) is 7.95. The van der Waals surface area contributed by atoms with E-state index in [1.165, 1.54) is 6.07 Å². The van der Waals surface area contributed by atoms with E-state index >= 15 is 0 Å². The van der Waals surface area contributed by atoms with Crippen molar-refractivity contribution in [2.24, 2.45) is 0 Å². The molecule has 0 bridgehead atoms. The summed E-state index contributed by atoms with van der Waals surface area (Å²) in [7, 11) is -3.35. The summed E-state index contributed by atoms with van der Waals surface area (Å²) in [6, 6.07) is 6.92. The van der Waals surface area contributed by atoms with E-state index < -0.39 is 9.84 Å². The SMILES string of the molecule is Cc1ccc(C(=O)N2CCC[C@H](n3cccn3)C2)cc1S(C)(=O)=O. The minimum atomic E-state index is -3.35. The van der Waals surface area contributed by atoms with Gasteiger partial charge in [0.1, 0.15) is 0 Å². The number of hydrogen-bond donors (Lipinski definition) is 0. The Morgan fingerprint density at radius 1 is 1.33 bits per heavy atom. The van der Waals surface area contributed by atoms with Crippen LogP contribution in [0.2, 0.25) is 0 Å². The highest BCUT2D eigenvalue weighted by molar-refractivity contribution is 7.90. The summed E-state index contributed by atoms with van der Waals surface area (Å²) in [5.74, 6) is -0.128. The molecule has 1 aromatic heterocycles. The van der Waals surface area contributed by atoms with Gasteiger partial charge in [-0.15, -0.1) is 0 Å². The van der Waals surface area contributed by atoms with Gasteiger partial charge < -0.3 is 4.90 Å². The third-order valence-corrected chi connectivity index (χ3v) is 5.66. The molecule has 6 nitrogen and oxygen atoms in total. The highest BCUT2D eigenvalue weighted by Gasteiger charge is 2.26. The van der Waals surface area contributed by atoms with Gasteiger partial charge in [-0.1, -0.05) is 6.07 Å². The van der Waals surface area contributed by atoms with Crippen LogP contribution in [-0.2, 0) is 9.84 Å². The molecule has 3 rings (SSSR count). The van der Waals surface area contributed by atoms with Gasteiger partial charge in [-0.2, -0.15) is 5.10 Å². The number of hydrogen-bond acceptors (Lipinski definition) is 4. The van der Waals surface area contributed by atoms with Crippen LogP contribution in [0.15, 0.2) is 41.6 Å². The molecule has 1 aromatic carbocycles. The monoisotopic (exact) mass is 347 g/mol. The van der Waals surface area contributed by atoms with Gasteiger partial charge in [0.05, 0.1) is 10.9 Å². The second-order valence-corrected chi connectivity index (χ2v) is 8.27.